The van der Waals surface area contributed by atoms with Gasteiger partial charge < -0.3 is 4.74 Å². The molecule has 0 bridgehead atoms. The van der Waals surface area contributed by atoms with Crippen LogP contribution in [0.15, 0.2) is 0 Å². The summed E-state index contributed by atoms with van der Waals surface area (Å²) in [6.45, 7) is 0. The smallest absolute Gasteiger partial charge is 0.340 e. The van der Waals surface area contributed by atoms with Crippen molar-refractivity contribution >= 4 is 22.6 Å². The van der Waals surface area contributed by atoms with Crippen LogP contribution in [0.5, 0.6) is 0 Å². The SMILES string of the molecule is FC(F)(F)C(OCI)(C(F)(F)F)C(F)(F)F. The summed E-state index contributed by atoms with van der Waals surface area (Å²) in [6, 6.07) is 0. The Kier molecular flexibility index (Phi) is 4.40. The summed E-state index contributed by atoms with van der Waals surface area (Å²) in [6.07, 6.45) is -19.9. The van der Waals surface area contributed by atoms with Crippen molar-refractivity contribution < 1.29 is 44.3 Å². The zero-order chi connectivity index (χ0) is 13.4. The lowest BCUT2D eigenvalue weighted by Gasteiger charge is -2.37. The summed E-state index contributed by atoms with van der Waals surface area (Å²) in [5, 5.41) is 0. The van der Waals surface area contributed by atoms with Crippen LogP contribution in [-0.2, 0) is 4.74 Å². The van der Waals surface area contributed by atoms with Gasteiger partial charge in [0.25, 0.3) is 0 Å². The molecule has 0 N–H and O–H groups in total. The van der Waals surface area contributed by atoms with Gasteiger partial charge in [0.1, 0.15) is 0 Å². The second kappa shape index (κ2) is 4.38. The Labute approximate surface area is 96.1 Å². The molecule has 0 unspecified atom stereocenters. The molecule has 1 nitrogen and oxygen atoms in total. The molecule has 0 aromatic carbocycles. The molecule has 0 aliphatic heterocycles. The first-order valence-electron chi connectivity index (χ1n) is 3.21. The molecule has 0 aliphatic carbocycles. The highest BCUT2D eigenvalue weighted by Gasteiger charge is 2.85. The van der Waals surface area contributed by atoms with E-state index in [-0.39, 0.29) is 0 Å². The molecule has 0 rings (SSSR count). The highest BCUT2D eigenvalue weighted by molar-refractivity contribution is 14.1. The first kappa shape index (κ1) is 16.1. The summed E-state index contributed by atoms with van der Waals surface area (Å²) >= 11 is 0.810. The van der Waals surface area contributed by atoms with E-state index in [1.54, 1.807) is 0 Å². The summed E-state index contributed by atoms with van der Waals surface area (Å²) in [7, 11) is 0. The Morgan fingerprint density at radius 2 is 0.938 bits per heavy atom. The van der Waals surface area contributed by atoms with Crippen LogP contribution >= 0.6 is 22.6 Å². The van der Waals surface area contributed by atoms with Gasteiger partial charge in [-0.3, -0.25) is 0 Å². The van der Waals surface area contributed by atoms with Crippen LogP contribution in [0.4, 0.5) is 39.5 Å². The maximum Gasteiger partial charge on any atom is 0.435 e. The predicted octanol–water partition coefficient (Wildman–Crippen LogP) is 3.82. The maximum atomic E-state index is 12.0. The molecule has 0 aliphatic rings. The monoisotopic (exact) mass is 376 g/mol. The predicted molar refractivity (Wildman–Crippen MR) is 40.9 cm³/mol. The third-order valence-corrected chi connectivity index (χ3v) is 1.78. The van der Waals surface area contributed by atoms with Gasteiger partial charge in [-0.05, 0) is 0 Å². The van der Waals surface area contributed by atoms with Crippen LogP contribution in [0, 0.1) is 0 Å². The number of hydrogen-bond donors (Lipinski definition) is 0. The molecule has 0 heterocycles. The quantitative estimate of drug-likeness (QED) is 0.405. The van der Waals surface area contributed by atoms with Crippen molar-refractivity contribution in [1.82, 2.24) is 0 Å². The highest BCUT2D eigenvalue weighted by atomic mass is 127. The van der Waals surface area contributed by atoms with Gasteiger partial charge in [0.2, 0.25) is 0 Å². The van der Waals surface area contributed by atoms with Gasteiger partial charge in [0.05, 0.1) is 4.61 Å². The van der Waals surface area contributed by atoms with Crippen LogP contribution in [-0.4, -0.2) is 28.7 Å². The average Bonchev–Trinajstić information content (AvgIpc) is 1.91. The Bertz CT molecular complexity index is 202. The van der Waals surface area contributed by atoms with Crippen LogP contribution in [0.3, 0.4) is 0 Å². The second-order valence-corrected chi connectivity index (χ2v) is 3.05. The fourth-order valence-electron chi connectivity index (χ4n) is 0.809. The lowest BCUT2D eigenvalue weighted by Crippen LogP contribution is -2.67. The summed E-state index contributed by atoms with van der Waals surface area (Å²) in [4.78, 5) is 0. The molecule has 0 saturated carbocycles. The van der Waals surface area contributed by atoms with Crippen molar-refractivity contribution in [2.24, 2.45) is 0 Å². The van der Waals surface area contributed by atoms with Crippen molar-refractivity contribution in [3.05, 3.63) is 0 Å². The van der Waals surface area contributed by atoms with Gasteiger partial charge in [-0.2, -0.15) is 39.5 Å². The number of halogens is 10. The van der Waals surface area contributed by atoms with Gasteiger partial charge in [0.15, 0.2) is 0 Å². The summed E-state index contributed by atoms with van der Waals surface area (Å²) in [5.41, 5.74) is -6.14. The maximum absolute atomic E-state index is 12.0. The van der Waals surface area contributed by atoms with Crippen LogP contribution in [0.25, 0.3) is 0 Å². The zero-order valence-corrected chi connectivity index (χ0v) is 9.05. The zero-order valence-electron chi connectivity index (χ0n) is 6.89. The third kappa shape index (κ3) is 2.49. The molecule has 0 aromatic heterocycles. The van der Waals surface area contributed by atoms with Crippen LogP contribution < -0.4 is 0 Å². The molecule has 0 radical (unpaired) electrons. The molecule has 0 spiro atoms. The molecule has 16 heavy (non-hydrogen) atoms. The Hall–Kier alpha value is 0.0600. The van der Waals surface area contributed by atoms with Gasteiger partial charge in [0, 0.05) is 0 Å². The fraction of sp³-hybridized carbons (Fsp3) is 1.00. The van der Waals surface area contributed by atoms with E-state index < -0.39 is 28.7 Å². The van der Waals surface area contributed by atoms with E-state index in [0.29, 0.717) is 0 Å². The van der Waals surface area contributed by atoms with Crippen molar-refractivity contribution in [3.63, 3.8) is 0 Å². The first-order valence-corrected chi connectivity index (χ1v) is 4.74. The minimum absolute atomic E-state index is 0.810. The molecular formula is C5H2F9IO. The first-order chi connectivity index (χ1) is 6.81. The van der Waals surface area contributed by atoms with E-state index in [9.17, 15) is 39.5 Å². The summed E-state index contributed by atoms with van der Waals surface area (Å²) in [5.74, 6) is 0. The molecule has 0 aromatic rings. The minimum Gasteiger partial charge on any atom is -0.340 e. The lowest BCUT2D eigenvalue weighted by atomic mass is 10.0. The molecule has 0 atom stereocenters. The number of ether oxygens (including phenoxy) is 1. The van der Waals surface area contributed by atoms with E-state index in [0.717, 1.165) is 22.6 Å². The van der Waals surface area contributed by atoms with Crippen molar-refractivity contribution in [2.45, 2.75) is 24.1 Å². The number of hydrogen-bond acceptors (Lipinski definition) is 1. The van der Waals surface area contributed by atoms with E-state index in [4.69, 9.17) is 0 Å². The Morgan fingerprint density at radius 3 is 1.00 bits per heavy atom. The normalized spacial score (nSPS) is 15.4. The van der Waals surface area contributed by atoms with Gasteiger partial charge >= 0.3 is 24.1 Å². The van der Waals surface area contributed by atoms with Gasteiger partial charge in [-0.25, -0.2) is 0 Å². The molecule has 0 amide bonds. The number of alkyl halides is 10. The molecule has 0 saturated heterocycles. The molecular weight excluding hydrogens is 374 g/mol. The van der Waals surface area contributed by atoms with Crippen molar-refractivity contribution in [1.29, 1.82) is 0 Å². The van der Waals surface area contributed by atoms with E-state index >= 15 is 0 Å². The Balaban J connectivity index is 5.82. The third-order valence-electron chi connectivity index (χ3n) is 1.47. The highest BCUT2D eigenvalue weighted by Crippen LogP contribution is 2.54. The lowest BCUT2D eigenvalue weighted by molar-refractivity contribution is -0.453. The second-order valence-electron chi connectivity index (χ2n) is 2.43. The molecule has 98 valence electrons. The fourth-order valence-corrected chi connectivity index (χ4v) is 1.28. The summed E-state index contributed by atoms with van der Waals surface area (Å²) < 4.78 is 109. The van der Waals surface area contributed by atoms with Crippen molar-refractivity contribution in [3.8, 4) is 0 Å². The average molecular weight is 376 g/mol. The standard InChI is InChI=1S/C5H2F9IO/c6-3(7,8)2(16-1-15,4(9,10)11)5(12,13)14/h1H2. The van der Waals surface area contributed by atoms with Crippen LogP contribution in [0.1, 0.15) is 0 Å². The Morgan fingerprint density at radius 1 is 0.688 bits per heavy atom. The van der Waals surface area contributed by atoms with E-state index in [1.165, 1.54) is 0 Å². The molecule has 0 fully saturated rings. The van der Waals surface area contributed by atoms with Gasteiger partial charge in [-0.15, -0.1) is 0 Å². The van der Waals surface area contributed by atoms with Crippen LogP contribution in [0.2, 0.25) is 0 Å². The topological polar surface area (TPSA) is 9.23 Å². The van der Waals surface area contributed by atoms with E-state index in [2.05, 4.69) is 4.74 Å². The largest absolute Gasteiger partial charge is 0.435 e. The molecule has 11 heteroatoms. The van der Waals surface area contributed by atoms with Gasteiger partial charge in [-0.1, -0.05) is 22.6 Å². The van der Waals surface area contributed by atoms with Crippen molar-refractivity contribution in [2.75, 3.05) is 4.61 Å². The number of rotatable bonds is 2. The van der Waals surface area contributed by atoms with E-state index in [1.807, 2.05) is 0 Å². The minimum atomic E-state index is -6.64.